The molecule has 0 atom stereocenters. The van der Waals surface area contributed by atoms with E-state index in [0.717, 1.165) is 36.2 Å². The smallest absolute Gasteiger partial charge is 0.259 e. The van der Waals surface area contributed by atoms with Crippen LogP contribution in [0.15, 0.2) is 47.3 Å². The minimum absolute atomic E-state index is 0.0961. The Kier molecular flexibility index (Phi) is 5.19. The van der Waals surface area contributed by atoms with Gasteiger partial charge in [-0.15, -0.1) is 0 Å². The van der Waals surface area contributed by atoms with Gasteiger partial charge in [0.25, 0.3) is 5.56 Å². The second kappa shape index (κ2) is 7.52. The lowest BCUT2D eigenvalue weighted by molar-refractivity contribution is 0.691. The molecule has 1 aliphatic carbocycles. The van der Waals surface area contributed by atoms with E-state index in [4.69, 9.17) is 0 Å². The minimum atomic E-state index is 0.0961. The summed E-state index contributed by atoms with van der Waals surface area (Å²) in [6.07, 6.45) is 8.71. The molecular formula is C21H26N2O. The van der Waals surface area contributed by atoms with E-state index in [1.165, 1.54) is 30.5 Å². The molecule has 0 unspecified atom stereocenters. The molecule has 126 valence electrons. The average Bonchev–Trinajstić information content (AvgIpc) is 2.84. The lowest BCUT2D eigenvalue weighted by Crippen LogP contribution is -2.26. The van der Waals surface area contributed by atoms with Crippen molar-refractivity contribution in [2.45, 2.75) is 45.4 Å². The summed E-state index contributed by atoms with van der Waals surface area (Å²) in [5.41, 5.74) is 5.35. The van der Waals surface area contributed by atoms with Crippen LogP contribution in [0.1, 0.15) is 49.4 Å². The highest BCUT2D eigenvalue weighted by Gasteiger charge is 2.17. The van der Waals surface area contributed by atoms with Crippen LogP contribution in [0.4, 0.5) is 5.69 Å². The molecule has 0 saturated heterocycles. The number of aryl methyl sites for hydroxylation is 1. The molecule has 3 heteroatoms. The number of nitrogens with one attached hydrogen (secondary N) is 1. The third-order valence-electron chi connectivity index (χ3n) is 4.74. The van der Waals surface area contributed by atoms with E-state index in [9.17, 15) is 4.79 Å². The first-order valence-corrected chi connectivity index (χ1v) is 8.95. The first kappa shape index (κ1) is 16.6. The van der Waals surface area contributed by atoms with Crippen molar-refractivity contribution in [3.63, 3.8) is 0 Å². The Morgan fingerprint density at radius 1 is 1.17 bits per heavy atom. The second-order valence-electron chi connectivity index (χ2n) is 6.47. The van der Waals surface area contributed by atoms with E-state index in [0.29, 0.717) is 0 Å². The number of anilines is 1. The van der Waals surface area contributed by atoms with Gasteiger partial charge in [-0.1, -0.05) is 37.6 Å². The Hall–Kier alpha value is -2.29. The molecule has 1 aliphatic rings. The van der Waals surface area contributed by atoms with E-state index in [-0.39, 0.29) is 5.56 Å². The minimum Gasteiger partial charge on any atom is -0.355 e. The number of nitrogens with zero attached hydrogens (tertiary/aromatic N) is 1. The van der Waals surface area contributed by atoms with Crippen LogP contribution in [0.5, 0.6) is 0 Å². The predicted molar refractivity (Wildman–Crippen MR) is 101 cm³/mol. The molecule has 0 aliphatic heterocycles. The number of allylic oxidation sites excluding steroid dienone is 1. The number of pyridine rings is 1. The highest BCUT2D eigenvalue weighted by Crippen LogP contribution is 2.23. The van der Waals surface area contributed by atoms with Crippen LogP contribution in [0.2, 0.25) is 0 Å². The van der Waals surface area contributed by atoms with E-state index < -0.39 is 0 Å². The molecule has 0 fully saturated rings. The summed E-state index contributed by atoms with van der Waals surface area (Å²) in [6.45, 7) is 2.10. The normalized spacial score (nSPS) is 14.8. The zero-order chi connectivity index (χ0) is 16.9. The van der Waals surface area contributed by atoms with Crippen molar-refractivity contribution >= 4 is 11.4 Å². The van der Waals surface area contributed by atoms with Crippen LogP contribution in [0.25, 0.3) is 5.70 Å². The molecule has 3 rings (SSSR count). The van der Waals surface area contributed by atoms with Gasteiger partial charge in [0.2, 0.25) is 0 Å². The number of hydrogen-bond acceptors (Lipinski definition) is 2. The molecule has 3 nitrogen and oxygen atoms in total. The van der Waals surface area contributed by atoms with Gasteiger partial charge in [-0.3, -0.25) is 4.79 Å². The number of hydrogen-bond donors (Lipinski definition) is 1. The Morgan fingerprint density at radius 3 is 2.67 bits per heavy atom. The fraction of sp³-hybridized carbons (Fsp3) is 0.381. The summed E-state index contributed by atoms with van der Waals surface area (Å²) >= 11 is 0. The summed E-state index contributed by atoms with van der Waals surface area (Å²) in [5.74, 6) is 0. The molecule has 1 aromatic heterocycles. The van der Waals surface area contributed by atoms with Crippen molar-refractivity contribution < 1.29 is 0 Å². The predicted octanol–water partition coefficient (Wildman–Crippen LogP) is 4.52. The summed E-state index contributed by atoms with van der Waals surface area (Å²) in [7, 11) is 1.92. The van der Waals surface area contributed by atoms with Gasteiger partial charge < -0.3 is 9.88 Å². The molecule has 0 bridgehead atoms. The standard InChI is InChI=1S/C21H26N2O/c1-3-10-19(22-17-12-7-5-8-13-17)18-15-16-11-6-4-9-14-20(16)23(2)21(18)24/h5,7-8,10,12-13,15,22H,3-4,6,9,11,14H2,1-2H3/b19-10+. The number of rotatable bonds is 4. The van der Waals surface area contributed by atoms with Gasteiger partial charge in [0.15, 0.2) is 0 Å². The van der Waals surface area contributed by atoms with Crippen molar-refractivity contribution in [1.82, 2.24) is 4.57 Å². The van der Waals surface area contributed by atoms with E-state index in [2.05, 4.69) is 24.4 Å². The summed E-state index contributed by atoms with van der Waals surface area (Å²) in [6, 6.07) is 12.2. The monoisotopic (exact) mass is 322 g/mol. The van der Waals surface area contributed by atoms with Gasteiger partial charge in [-0.2, -0.15) is 0 Å². The maximum atomic E-state index is 12.9. The summed E-state index contributed by atoms with van der Waals surface area (Å²) < 4.78 is 1.87. The average molecular weight is 322 g/mol. The number of para-hydroxylation sites is 1. The molecule has 0 amide bonds. The molecular weight excluding hydrogens is 296 g/mol. The molecule has 2 aromatic rings. The quantitative estimate of drug-likeness (QED) is 0.840. The first-order valence-electron chi connectivity index (χ1n) is 8.95. The van der Waals surface area contributed by atoms with E-state index in [1.54, 1.807) is 0 Å². The van der Waals surface area contributed by atoms with Gasteiger partial charge >= 0.3 is 0 Å². The van der Waals surface area contributed by atoms with E-state index in [1.807, 2.05) is 41.9 Å². The fourth-order valence-electron chi connectivity index (χ4n) is 3.47. The van der Waals surface area contributed by atoms with Crippen LogP contribution in [0, 0.1) is 0 Å². The van der Waals surface area contributed by atoms with Crippen LogP contribution < -0.4 is 10.9 Å². The summed E-state index contributed by atoms with van der Waals surface area (Å²) in [4.78, 5) is 12.9. The van der Waals surface area contributed by atoms with Crippen molar-refractivity contribution in [2.75, 3.05) is 5.32 Å². The van der Waals surface area contributed by atoms with Crippen molar-refractivity contribution in [2.24, 2.45) is 7.05 Å². The highest BCUT2D eigenvalue weighted by molar-refractivity contribution is 5.76. The zero-order valence-corrected chi connectivity index (χ0v) is 14.6. The Bertz CT molecular complexity index is 787. The third kappa shape index (κ3) is 3.45. The van der Waals surface area contributed by atoms with Crippen LogP contribution in [-0.2, 0) is 19.9 Å². The fourth-order valence-corrected chi connectivity index (χ4v) is 3.47. The third-order valence-corrected chi connectivity index (χ3v) is 4.74. The van der Waals surface area contributed by atoms with Crippen molar-refractivity contribution in [3.8, 4) is 0 Å². The summed E-state index contributed by atoms with van der Waals surface area (Å²) in [5, 5.41) is 3.43. The Labute approximate surface area is 144 Å². The molecule has 1 N–H and O–H groups in total. The molecule has 0 radical (unpaired) electrons. The second-order valence-corrected chi connectivity index (χ2v) is 6.47. The lowest BCUT2D eigenvalue weighted by atomic mass is 10.0. The van der Waals surface area contributed by atoms with Gasteiger partial charge in [-0.05, 0) is 55.9 Å². The molecule has 0 spiro atoms. The largest absolute Gasteiger partial charge is 0.355 e. The van der Waals surface area contributed by atoms with Crippen molar-refractivity contribution in [1.29, 1.82) is 0 Å². The number of aromatic nitrogens is 1. The van der Waals surface area contributed by atoms with Crippen molar-refractivity contribution in [3.05, 3.63) is 69.6 Å². The molecule has 1 heterocycles. The van der Waals surface area contributed by atoms with Crippen LogP contribution >= 0.6 is 0 Å². The van der Waals surface area contributed by atoms with Gasteiger partial charge in [0.1, 0.15) is 0 Å². The van der Waals surface area contributed by atoms with Gasteiger partial charge in [0, 0.05) is 24.1 Å². The number of fused-ring (bicyclic) bond motifs is 1. The maximum absolute atomic E-state index is 12.9. The maximum Gasteiger partial charge on any atom is 0.259 e. The lowest BCUT2D eigenvalue weighted by Gasteiger charge is -2.17. The zero-order valence-electron chi connectivity index (χ0n) is 14.6. The van der Waals surface area contributed by atoms with Crippen LogP contribution in [0.3, 0.4) is 0 Å². The van der Waals surface area contributed by atoms with Gasteiger partial charge in [0.05, 0.1) is 5.56 Å². The topological polar surface area (TPSA) is 34.0 Å². The Balaban J connectivity index is 2.05. The van der Waals surface area contributed by atoms with Crippen LogP contribution in [-0.4, -0.2) is 4.57 Å². The Morgan fingerprint density at radius 2 is 1.92 bits per heavy atom. The molecule has 1 aromatic carbocycles. The number of benzene rings is 1. The van der Waals surface area contributed by atoms with Gasteiger partial charge in [-0.25, -0.2) is 0 Å². The highest BCUT2D eigenvalue weighted by atomic mass is 16.1. The van der Waals surface area contributed by atoms with E-state index >= 15 is 0 Å². The first-order chi connectivity index (χ1) is 11.7. The molecule has 0 saturated carbocycles. The SMILES string of the molecule is CC/C=C(/Nc1ccccc1)c1cc2c(n(C)c1=O)CCCCC2. The molecule has 24 heavy (non-hydrogen) atoms.